The van der Waals surface area contributed by atoms with Gasteiger partial charge in [0.05, 0.1) is 6.61 Å². The molecule has 0 aliphatic carbocycles. The fourth-order valence-electron chi connectivity index (χ4n) is 4.34. The van der Waals surface area contributed by atoms with E-state index in [-0.39, 0.29) is 31.6 Å². The van der Waals surface area contributed by atoms with Crippen molar-refractivity contribution in [1.29, 1.82) is 0 Å². The average Bonchev–Trinajstić information content (AvgIpc) is 3.09. The number of carbonyl (C=O) groups excluding carboxylic acids is 2. The number of carbonyl (C=O) groups is 2. The molecule has 1 atom stereocenters. The quantitative estimate of drug-likeness (QED) is 0.0346. The highest BCUT2D eigenvalue weighted by atomic mass is 16.6. The summed E-state index contributed by atoms with van der Waals surface area (Å²) in [4.78, 5) is 24.2. The molecule has 0 bridgehead atoms. The standard InChI is InChI=1S/C43H66O5/c1-3-5-7-9-11-13-15-17-18-19-20-21-22-23-24-26-28-30-32-34-36-38-43(46)48-41(39-44)40-47-42(45)37-35-33-31-29-27-25-16-14-12-10-8-6-4-2/h6,8,10-14,16-18,20-21,23-25,27-28,30,41,44H,3-5,7,9,15,19,22,26,29,31-40H2,1-2H3/b8-6+,12-10+,13-11+,16-14+,18-17+,21-20+,24-23+,27-25+,30-28+. The highest BCUT2D eigenvalue weighted by molar-refractivity contribution is 5.70. The van der Waals surface area contributed by atoms with Crippen LogP contribution in [0.15, 0.2) is 109 Å². The molecule has 1 unspecified atom stereocenters. The molecule has 0 aromatic rings. The van der Waals surface area contributed by atoms with E-state index in [2.05, 4.69) is 86.8 Å². The minimum absolute atomic E-state index is 0.112. The molecule has 5 heteroatoms. The van der Waals surface area contributed by atoms with Gasteiger partial charge in [0.2, 0.25) is 0 Å². The van der Waals surface area contributed by atoms with Crippen LogP contribution in [0.2, 0.25) is 0 Å². The van der Waals surface area contributed by atoms with Crippen molar-refractivity contribution in [2.45, 2.75) is 136 Å². The van der Waals surface area contributed by atoms with Crippen molar-refractivity contribution in [1.82, 2.24) is 0 Å². The van der Waals surface area contributed by atoms with Gasteiger partial charge in [0, 0.05) is 12.8 Å². The van der Waals surface area contributed by atoms with Crippen molar-refractivity contribution >= 4 is 11.9 Å². The Kier molecular flexibility index (Phi) is 35.3. The Labute approximate surface area is 293 Å². The molecule has 5 nitrogen and oxygen atoms in total. The van der Waals surface area contributed by atoms with Crippen LogP contribution in [0.1, 0.15) is 129 Å². The summed E-state index contributed by atoms with van der Waals surface area (Å²) >= 11 is 0. The van der Waals surface area contributed by atoms with E-state index in [0.717, 1.165) is 70.6 Å². The first kappa shape index (κ1) is 44.6. The fraction of sp³-hybridized carbons (Fsp3) is 0.535. The second kappa shape index (κ2) is 38.0. The number of unbranched alkanes of at least 4 members (excludes halogenated alkanes) is 8. The van der Waals surface area contributed by atoms with Crippen molar-refractivity contribution in [3.8, 4) is 0 Å². The largest absolute Gasteiger partial charge is 0.462 e. The summed E-state index contributed by atoms with van der Waals surface area (Å²) in [5.74, 6) is -0.702. The molecule has 0 fully saturated rings. The van der Waals surface area contributed by atoms with Gasteiger partial charge in [-0.2, -0.15) is 0 Å². The molecule has 0 aliphatic heterocycles. The zero-order valence-electron chi connectivity index (χ0n) is 30.2. The van der Waals surface area contributed by atoms with Gasteiger partial charge in [-0.25, -0.2) is 0 Å². The molecule has 0 rings (SSSR count). The number of rotatable bonds is 31. The van der Waals surface area contributed by atoms with Crippen molar-refractivity contribution in [2.24, 2.45) is 0 Å². The van der Waals surface area contributed by atoms with E-state index in [1.54, 1.807) is 0 Å². The van der Waals surface area contributed by atoms with Gasteiger partial charge in [-0.15, -0.1) is 0 Å². The molecule has 0 amide bonds. The van der Waals surface area contributed by atoms with E-state index in [1.807, 2.05) is 36.5 Å². The number of hydrogen-bond donors (Lipinski definition) is 1. The normalized spacial score (nSPS) is 13.5. The van der Waals surface area contributed by atoms with Crippen molar-refractivity contribution < 1.29 is 24.2 Å². The van der Waals surface area contributed by atoms with Crippen LogP contribution in [0.3, 0.4) is 0 Å². The lowest BCUT2D eigenvalue weighted by Crippen LogP contribution is -2.28. The zero-order chi connectivity index (χ0) is 35.0. The predicted molar refractivity (Wildman–Crippen MR) is 205 cm³/mol. The highest BCUT2D eigenvalue weighted by Gasteiger charge is 2.15. The van der Waals surface area contributed by atoms with Crippen LogP contribution in [0.25, 0.3) is 0 Å². The first-order valence-corrected chi connectivity index (χ1v) is 18.5. The Balaban J connectivity index is 3.78. The van der Waals surface area contributed by atoms with Crippen LogP contribution in [-0.4, -0.2) is 36.4 Å². The molecule has 0 aliphatic rings. The number of hydrogen-bond acceptors (Lipinski definition) is 5. The fourth-order valence-corrected chi connectivity index (χ4v) is 4.34. The third-order valence-corrected chi connectivity index (χ3v) is 7.15. The van der Waals surface area contributed by atoms with E-state index in [1.165, 1.54) is 25.7 Å². The van der Waals surface area contributed by atoms with Gasteiger partial charge in [-0.05, 0) is 83.5 Å². The topological polar surface area (TPSA) is 72.8 Å². The van der Waals surface area contributed by atoms with Gasteiger partial charge in [0.15, 0.2) is 6.10 Å². The van der Waals surface area contributed by atoms with Crippen molar-refractivity contribution in [3.63, 3.8) is 0 Å². The lowest BCUT2D eigenvalue weighted by atomic mass is 10.1. The zero-order valence-corrected chi connectivity index (χ0v) is 30.2. The monoisotopic (exact) mass is 662 g/mol. The summed E-state index contributed by atoms with van der Waals surface area (Å²) in [7, 11) is 0. The maximum atomic E-state index is 12.1. The second-order valence-electron chi connectivity index (χ2n) is 11.7. The van der Waals surface area contributed by atoms with Crippen LogP contribution in [-0.2, 0) is 19.1 Å². The van der Waals surface area contributed by atoms with E-state index < -0.39 is 6.10 Å². The molecule has 0 aromatic heterocycles. The molecule has 0 aromatic carbocycles. The van der Waals surface area contributed by atoms with Crippen LogP contribution in [0.5, 0.6) is 0 Å². The van der Waals surface area contributed by atoms with Gasteiger partial charge in [-0.1, -0.05) is 142 Å². The molecule has 48 heavy (non-hydrogen) atoms. The van der Waals surface area contributed by atoms with E-state index in [0.29, 0.717) is 12.8 Å². The first-order chi connectivity index (χ1) is 23.6. The van der Waals surface area contributed by atoms with Crippen LogP contribution >= 0.6 is 0 Å². The summed E-state index contributed by atoms with van der Waals surface area (Å²) < 4.78 is 10.5. The Morgan fingerprint density at radius 1 is 0.521 bits per heavy atom. The molecule has 268 valence electrons. The molecule has 0 radical (unpaired) electrons. The molecular weight excluding hydrogens is 596 g/mol. The Morgan fingerprint density at radius 2 is 0.979 bits per heavy atom. The number of aliphatic hydroxyl groups excluding tert-OH is 1. The number of aliphatic hydroxyl groups is 1. The van der Waals surface area contributed by atoms with Gasteiger partial charge in [0.1, 0.15) is 6.61 Å². The second-order valence-corrected chi connectivity index (χ2v) is 11.7. The maximum absolute atomic E-state index is 12.1. The molecular formula is C43H66O5. The van der Waals surface area contributed by atoms with Crippen molar-refractivity contribution in [3.05, 3.63) is 109 Å². The molecule has 0 saturated carbocycles. The average molecular weight is 663 g/mol. The van der Waals surface area contributed by atoms with E-state index >= 15 is 0 Å². The van der Waals surface area contributed by atoms with E-state index in [9.17, 15) is 14.7 Å². The van der Waals surface area contributed by atoms with Crippen LogP contribution in [0, 0.1) is 0 Å². The lowest BCUT2D eigenvalue weighted by Gasteiger charge is -2.15. The summed E-state index contributed by atoms with van der Waals surface area (Å²) in [5.41, 5.74) is 0. The summed E-state index contributed by atoms with van der Waals surface area (Å²) in [6.07, 6.45) is 54.3. The Hall–Kier alpha value is -3.44. The van der Waals surface area contributed by atoms with Gasteiger partial charge in [-0.3, -0.25) is 9.59 Å². The lowest BCUT2D eigenvalue weighted by molar-refractivity contribution is -0.161. The Morgan fingerprint density at radius 3 is 1.54 bits per heavy atom. The molecule has 1 N–H and O–H groups in total. The molecule has 0 saturated heterocycles. The van der Waals surface area contributed by atoms with Gasteiger partial charge < -0.3 is 14.6 Å². The Bertz CT molecular complexity index is 1020. The van der Waals surface area contributed by atoms with Gasteiger partial charge in [0.25, 0.3) is 0 Å². The highest BCUT2D eigenvalue weighted by Crippen LogP contribution is 2.08. The number of esters is 2. The maximum Gasteiger partial charge on any atom is 0.306 e. The number of ether oxygens (including phenoxy) is 2. The minimum atomic E-state index is -0.817. The first-order valence-electron chi connectivity index (χ1n) is 18.5. The third kappa shape index (κ3) is 35.4. The van der Waals surface area contributed by atoms with Crippen LogP contribution in [0.4, 0.5) is 0 Å². The summed E-state index contributed by atoms with van der Waals surface area (Å²) in [6, 6.07) is 0. The summed E-state index contributed by atoms with van der Waals surface area (Å²) in [6.45, 7) is 3.86. The summed E-state index contributed by atoms with van der Waals surface area (Å²) in [5, 5.41) is 9.52. The third-order valence-electron chi connectivity index (χ3n) is 7.15. The smallest absolute Gasteiger partial charge is 0.306 e. The SMILES string of the molecule is CC/C=C/C=C/C=C/C=C/CCCCCC(=O)OCC(CO)OC(=O)CCCC/C=C/C/C=C/C/C=C/C/C=C/C/C=C/CCCCC. The minimum Gasteiger partial charge on any atom is -0.462 e. The van der Waals surface area contributed by atoms with Gasteiger partial charge >= 0.3 is 11.9 Å². The van der Waals surface area contributed by atoms with E-state index in [4.69, 9.17) is 9.47 Å². The molecule has 0 spiro atoms. The molecule has 0 heterocycles. The van der Waals surface area contributed by atoms with Crippen LogP contribution < -0.4 is 0 Å². The predicted octanol–water partition coefficient (Wildman–Crippen LogP) is 11.5. The van der Waals surface area contributed by atoms with Crippen molar-refractivity contribution in [2.75, 3.05) is 13.2 Å². The number of allylic oxidation sites excluding steroid dienone is 18.